The average molecular weight is 306 g/mol. The third-order valence-electron chi connectivity index (χ3n) is 3.31. The number of nitrogens with two attached hydrogens (primary N) is 1. The largest absolute Gasteiger partial charge is 0.488 e. The van der Waals surface area contributed by atoms with Crippen LogP contribution in [0.2, 0.25) is 0 Å². The summed E-state index contributed by atoms with van der Waals surface area (Å²) in [6.45, 7) is 2.39. The number of aryl methyl sites for hydroxylation is 1. The number of nitrogens with zero attached hydrogens (tertiary/aromatic N) is 3. The highest BCUT2D eigenvalue weighted by Gasteiger charge is 2.03. The fourth-order valence-electron chi connectivity index (χ4n) is 2.17. The average Bonchev–Trinajstić information content (AvgIpc) is 2.90. The van der Waals surface area contributed by atoms with Gasteiger partial charge in [0.2, 0.25) is 5.95 Å². The Hall–Kier alpha value is -3.08. The molecule has 0 amide bonds. The first-order valence-electron chi connectivity index (χ1n) is 7.34. The minimum atomic E-state index is 0.362. The number of nitrogen functional groups attached to an aromatic ring is 1. The number of imidazole rings is 1. The summed E-state index contributed by atoms with van der Waals surface area (Å²) in [5.41, 5.74) is 8.61. The number of aromatic nitrogens is 2. The van der Waals surface area contributed by atoms with Gasteiger partial charge in [0, 0.05) is 5.56 Å². The van der Waals surface area contributed by atoms with Crippen LogP contribution in [0.4, 0.5) is 5.95 Å². The molecule has 0 radical (unpaired) electrons. The summed E-state index contributed by atoms with van der Waals surface area (Å²) in [6.07, 6.45) is 3.50. The maximum atomic E-state index is 5.90. The Labute approximate surface area is 135 Å². The molecule has 3 aromatic rings. The first-order chi connectivity index (χ1) is 11.2. The van der Waals surface area contributed by atoms with Crippen molar-refractivity contribution >= 4 is 12.2 Å². The van der Waals surface area contributed by atoms with Crippen LogP contribution in [0.5, 0.6) is 5.75 Å². The molecular formula is C18H18N4O. The molecule has 0 bridgehead atoms. The third-order valence-corrected chi connectivity index (χ3v) is 3.31. The summed E-state index contributed by atoms with van der Waals surface area (Å²) in [5, 5.41) is 4.34. The second-order valence-electron chi connectivity index (χ2n) is 5.14. The van der Waals surface area contributed by atoms with Crippen LogP contribution < -0.4 is 10.5 Å². The first-order valence-corrected chi connectivity index (χ1v) is 7.34. The quantitative estimate of drug-likeness (QED) is 0.736. The first kappa shape index (κ1) is 14.8. The highest BCUT2D eigenvalue weighted by molar-refractivity contribution is 5.83. The Kier molecular flexibility index (Phi) is 4.38. The van der Waals surface area contributed by atoms with E-state index in [0.29, 0.717) is 12.6 Å². The van der Waals surface area contributed by atoms with Gasteiger partial charge in [-0.05, 0) is 24.6 Å². The van der Waals surface area contributed by atoms with Gasteiger partial charge in [0.15, 0.2) is 0 Å². The van der Waals surface area contributed by atoms with E-state index in [-0.39, 0.29) is 0 Å². The molecule has 0 aliphatic heterocycles. The van der Waals surface area contributed by atoms with Gasteiger partial charge in [-0.2, -0.15) is 5.10 Å². The molecule has 116 valence electrons. The van der Waals surface area contributed by atoms with Gasteiger partial charge in [0.25, 0.3) is 0 Å². The lowest BCUT2D eigenvalue weighted by molar-refractivity contribution is 0.306. The predicted molar refractivity (Wildman–Crippen MR) is 91.6 cm³/mol. The van der Waals surface area contributed by atoms with Crippen molar-refractivity contribution in [2.45, 2.75) is 13.5 Å². The molecule has 23 heavy (non-hydrogen) atoms. The Morgan fingerprint density at radius 2 is 1.87 bits per heavy atom. The van der Waals surface area contributed by atoms with Gasteiger partial charge in [0.05, 0.1) is 18.1 Å². The standard InChI is InChI=1S/C18H18N4O/c1-14-12-22(18(19)21-14)20-11-16-9-5-6-10-17(16)23-13-15-7-3-2-4-8-15/h2-12H,13H2,1H3,(H2,19,21). The summed E-state index contributed by atoms with van der Waals surface area (Å²) in [7, 11) is 0. The number of benzene rings is 2. The maximum absolute atomic E-state index is 5.90. The third kappa shape index (κ3) is 3.77. The van der Waals surface area contributed by atoms with E-state index in [1.807, 2.05) is 61.5 Å². The zero-order chi connectivity index (χ0) is 16.1. The van der Waals surface area contributed by atoms with Crippen LogP contribution in [0.25, 0.3) is 0 Å². The molecule has 0 aliphatic rings. The molecule has 0 atom stereocenters. The van der Waals surface area contributed by atoms with E-state index in [1.165, 1.54) is 0 Å². The van der Waals surface area contributed by atoms with Crippen LogP contribution in [0.1, 0.15) is 16.8 Å². The Morgan fingerprint density at radius 3 is 2.61 bits per heavy atom. The zero-order valence-corrected chi connectivity index (χ0v) is 12.9. The Bertz CT molecular complexity index is 809. The fraction of sp³-hybridized carbons (Fsp3) is 0.111. The highest BCUT2D eigenvalue weighted by Crippen LogP contribution is 2.18. The molecule has 0 spiro atoms. The lowest BCUT2D eigenvalue weighted by Crippen LogP contribution is -2.00. The van der Waals surface area contributed by atoms with Gasteiger partial charge in [-0.25, -0.2) is 9.66 Å². The minimum Gasteiger partial charge on any atom is -0.488 e. The van der Waals surface area contributed by atoms with Crippen LogP contribution in [-0.4, -0.2) is 15.9 Å². The topological polar surface area (TPSA) is 65.4 Å². The zero-order valence-electron chi connectivity index (χ0n) is 12.9. The van der Waals surface area contributed by atoms with Gasteiger partial charge < -0.3 is 10.5 Å². The van der Waals surface area contributed by atoms with Gasteiger partial charge in [0.1, 0.15) is 12.4 Å². The van der Waals surface area contributed by atoms with E-state index >= 15 is 0 Å². The molecule has 5 nitrogen and oxygen atoms in total. The summed E-state index contributed by atoms with van der Waals surface area (Å²) >= 11 is 0. The number of hydrogen-bond acceptors (Lipinski definition) is 4. The van der Waals surface area contributed by atoms with Crippen molar-refractivity contribution in [1.29, 1.82) is 0 Å². The second kappa shape index (κ2) is 6.79. The van der Waals surface area contributed by atoms with E-state index in [2.05, 4.69) is 10.1 Å². The molecule has 1 heterocycles. The van der Waals surface area contributed by atoms with Crippen LogP contribution in [0, 0.1) is 6.92 Å². The maximum Gasteiger partial charge on any atom is 0.221 e. The van der Waals surface area contributed by atoms with Crippen LogP contribution in [0.15, 0.2) is 65.9 Å². The molecule has 0 unspecified atom stereocenters. The van der Waals surface area contributed by atoms with Gasteiger partial charge in [-0.1, -0.05) is 42.5 Å². The van der Waals surface area contributed by atoms with E-state index in [4.69, 9.17) is 10.5 Å². The molecular weight excluding hydrogens is 288 g/mol. The van der Waals surface area contributed by atoms with Crippen LogP contribution >= 0.6 is 0 Å². The lowest BCUT2D eigenvalue weighted by Gasteiger charge is -2.09. The van der Waals surface area contributed by atoms with Crippen molar-refractivity contribution < 1.29 is 4.74 Å². The van der Waals surface area contributed by atoms with Gasteiger partial charge >= 0.3 is 0 Å². The highest BCUT2D eigenvalue weighted by atomic mass is 16.5. The molecule has 0 saturated carbocycles. The number of para-hydroxylation sites is 1. The smallest absolute Gasteiger partial charge is 0.221 e. The molecule has 3 rings (SSSR count). The normalized spacial score (nSPS) is 11.0. The molecule has 0 aliphatic carbocycles. The van der Waals surface area contributed by atoms with E-state index < -0.39 is 0 Å². The minimum absolute atomic E-state index is 0.362. The Morgan fingerprint density at radius 1 is 1.13 bits per heavy atom. The van der Waals surface area contributed by atoms with Crippen molar-refractivity contribution in [2.75, 3.05) is 5.73 Å². The van der Waals surface area contributed by atoms with Crippen molar-refractivity contribution in [3.8, 4) is 5.75 Å². The van der Waals surface area contributed by atoms with Crippen molar-refractivity contribution in [3.63, 3.8) is 0 Å². The van der Waals surface area contributed by atoms with Crippen molar-refractivity contribution in [1.82, 2.24) is 9.66 Å². The molecule has 0 saturated heterocycles. The van der Waals surface area contributed by atoms with Crippen molar-refractivity contribution in [3.05, 3.63) is 77.6 Å². The van der Waals surface area contributed by atoms with Crippen LogP contribution in [0.3, 0.4) is 0 Å². The molecule has 0 fully saturated rings. The molecule has 1 aromatic heterocycles. The van der Waals surface area contributed by atoms with E-state index in [0.717, 1.165) is 22.6 Å². The molecule has 2 aromatic carbocycles. The number of ether oxygens (including phenoxy) is 1. The fourth-order valence-corrected chi connectivity index (χ4v) is 2.17. The van der Waals surface area contributed by atoms with E-state index in [1.54, 1.807) is 17.1 Å². The summed E-state index contributed by atoms with van der Waals surface area (Å²) < 4.78 is 7.44. The number of hydrogen-bond donors (Lipinski definition) is 1. The van der Waals surface area contributed by atoms with E-state index in [9.17, 15) is 0 Å². The Balaban J connectivity index is 1.76. The number of anilines is 1. The SMILES string of the molecule is Cc1cn(N=Cc2ccccc2OCc2ccccc2)c(N)n1. The van der Waals surface area contributed by atoms with Gasteiger partial charge in [-0.15, -0.1) is 0 Å². The summed E-state index contributed by atoms with van der Waals surface area (Å²) in [4.78, 5) is 4.12. The van der Waals surface area contributed by atoms with Crippen LogP contribution in [-0.2, 0) is 6.61 Å². The van der Waals surface area contributed by atoms with Crippen molar-refractivity contribution in [2.24, 2.45) is 5.10 Å². The second-order valence-corrected chi connectivity index (χ2v) is 5.14. The summed E-state index contributed by atoms with van der Waals surface area (Å²) in [6, 6.07) is 17.8. The number of rotatable bonds is 5. The van der Waals surface area contributed by atoms with Gasteiger partial charge in [-0.3, -0.25) is 0 Å². The lowest BCUT2D eigenvalue weighted by atomic mass is 10.2. The monoisotopic (exact) mass is 306 g/mol. The predicted octanol–water partition coefficient (Wildman–Crippen LogP) is 3.23. The molecule has 5 heteroatoms. The molecule has 2 N–H and O–H groups in total. The summed E-state index contributed by atoms with van der Waals surface area (Å²) in [5.74, 6) is 1.14.